The number of hydrogen-bond acceptors (Lipinski definition) is 2. The second-order valence-corrected chi connectivity index (χ2v) is 5.66. The number of nitriles is 1. The normalized spacial score (nSPS) is 24.4. The highest BCUT2D eigenvalue weighted by Gasteiger charge is 2.25. The molecule has 1 aliphatic carbocycles. The minimum atomic E-state index is -0.0497. The SMILES string of the molecule is CC1=CC(C)CC(C(C#N)NCc2ccccc2)C1. The lowest BCUT2D eigenvalue weighted by atomic mass is 9.80. The molecule has 1 aliphatic rings. The predicted molar refractivity (Wildman–Crippen MR) is 78.3 cm³/mol. The Hall–Kier alpha value is -1.59. The van der Waals surface area contributed by atoms with Crippen LogP contribution < -0.4 is 5.32 Å². The van der Waals surface area contributed by atoms with Crippen molar-refractivity contribution in [2.75, 3.05) is 0 Å². The minimum absolute atomic E-state index is 0.0497. The van der Waals surface area contributed by atoms with E-state index in [0.29, 0.717) is 11.8 Å². The maximum Gasteiger partial charge on any atom is 0.0987 e. The van der Waals surface area contributed by atoms with Crippen molar-refractivity contribution in [2.24, 2.45) is 11.8 Å². The first kappa shape index (κ1) is 13.8. The molecular formula is C17H22N2. The molecule has 0 saturated carbocycles. The summed E-state index contributed by atoms with van der Waals surface area (Å²) in [5.74, 6) is 1.03. The largest absolute Gasteiger partial charge is 0.298 e. The Balaban J connectivity index is 1.94. The van der Waals surface area contributed by atoms with Gasteiger partial charge in [0.1, 0.15) is 0 Å². The molecule has 2 nitrogen and oxygen atoms in total. The second kappa shape index (κ2) is 6.54. The number of benzene rings is 1. The van der Waals surface area contributed by atoms with Crippen molar-refractivity contribution in [3.05, 3.63) is 47.5 Å². The van der Waals surface area contributed by atoms with Crippen LogP contribution in [0.3, 0.4) is 0 Å². The van der Waals surface area contributed by atoms with Crippen LogP contribution in [0.4, 0.5) is 0 Å². The zero-order chi connectivity index (χ0) is 13.7. The summed E-state index contributed by atoms with van der Waals surface area (Å²) in [7, 11) is 0. The summed E-state index contributed by atoms with van der Waals surface area (Å²) < 4.78 is 0. The van der Waals surface area contributed by atoms with E-state index in [1.807, 2.05) is 18.2 Å². The van der Waals surface area contributed by atoms with Crippen LogP contribution in [0.1, 0.15) is 32.3 Å². The van der Waals surface area contributed by atoms with Crippen LogP contribution in [0.25, 0.3) is 0 Å². The van der Waals surface area contributed by atoms with E-state index in [1.54, 1.807) is 0 Å². The third kappa shape index (κ3) is 3.94. The van der Waals surface area contributed by atoms with Gasteiger partial charge in [0.15, 0.2) is 0 Å². The predicted octanol–water partition coefficient (Wildman–Crippen LogP) is 3.66. The van der Waals surface area contributed by atoms with E-state index < -0.39 is 0 Å². The molecule has 0 aliphatic heterocycles. The first-order chi connectivity index (χ1) is 9.19. The van der Waals surface area contributed by atoms with Crippen molar-refractivity contribution in [3.63, 3.8) is 0 Å². The maximum absolute atomic E-state index is 9.40. The standard InChI is InChI=1S/C17H22N2/c1-13-8-14(2)10-16(9-13)17(11-18)19-12-15-6-4-3-5-7-15/h3-8,13,16-17,19H,9-10,12H2,1-2H3. The molecule has 2 rings (SSSR count). The molecule has 0 heterocycles. The van der Waals surface area contributed by atoms with Gasteiger partial charge in [-0.25, -0.2) is 0 Å². The summed E-state index contributed by atoms with van der Waals surface area (Å²) in [6, 6.07) is 12.7. The molecule has 3 unspecified atom stereocenters. The Morgan fingerprint density at radius 1 is 1.37 bits per heavy atom. The molecule has 19 heavy (non-hydrogen) atoms. The summed E-state index contributed by atoms with van der Waals surface area (Å²) in [5, 5.41) is 12.8. The fraction of sp³-hybridized carbons (Fsp3) is 0.471. The average molecular weight is 254 g/mol. The summed E-state index contributed by atoms with van der Waals surface area (Å²) in [6.07, 6.45) is 4.49. The van der Waals surface area contributed by atoms with Gasteiger partial charge in [-0.15, -0.1) is 0 Å². The van der Waals surface area contributed by atoms with E-state index in [-0.39, 0.29) is 6.04 Å². The lowest BCUT2D eigenvalue weighted by Gasteiger charge is -2.29. The van der Waals surface area contributed by atoms with Crippen LogP contribution in [0.5, 0.6) is 0 Å². The maximum atomic E-state index is 9.40. The highest BCUT2D eigenvalue weighted by atomic mass is 14.9. The van der Waals surface area contributed by atoms with Gasteiger partial charge in [0, 0.05) is 6.54 Å². The number of rotatable bonds is 4. The molecule has 1 aromatic rings. The molecule has 2 heteroatoms. The summed E-state index contributed by atoms with van der Waals surface area (Å²) >= 11 is 0. The Morgan fingerprint density at radius 2 is 2.11 bits per heavy atom. The van der Waals surface area contributed by atoms with Gasteiger partial charge in [0.2, 0.25) is 0 Å². The third-order valence-electron chi connectivity index (χ3n) is 3.81. The smallest absolute Gasteiger partial charge is 0.0987 e. The minimum Gasteiger partial charge on any atom is -0.298 e. The summed E-state index contributed by atoms with van der Waals surface area (Å²) in [4.78, 5) is 0. The fourth-order valence-electron chi connectivity index (χ4n) is 2.99. The fourth-order valence-corrected chi connectivity index (χ4v) is 2.99. The first-order valence-electron chi connectivity index (χ1n) is 7.03. The zero-order valence-electron chi connectivity index (χ0n) is 11.8. The lowest BCUT2D eigenvalue weighted by Crippen LogP contribution is -2.36. The van der Waals surface area contributed by atoms with Crippen molar-refractivity contribution in [2.45, 2.75) is 39.3 Å². The van der Waals surface area contributed by atoms with Crippen molar-refractivity contribution in [1.82, 2.24) is 5.32 Å². The molecule has 0 saturated heterocycles. The van der Waals surface area contributed by atoms with Gasteiger partial charge < -0.3 is 0 Å². The molecule has 0 fully saturated rings. The third-order valence-corrected chi connectivity index (χ3v) is 3.81. The molecule has 0 bridgehead atoms. The van der Waals surface area contributed by atoms with E-state index in [4.69, 9.17) is 0 Å². The number of hydrogen-bond donors (Lipinski definition) is 1. The van der Waals surface area contributed by atoms with Gasteiger partial charge in [-0.1, -0.05) is 48.9 Å². The second-order valence-electron chi connectivity index (χ2n) is 5.66. The van der Waals surface area contributed by atoms with Crippen LogP contribution in [0.15, 0.2) is 42.0 Å². The molecule has 0 amide bonds. The molecule has 1 aromatic carbocycles. The Bertz CT molecular complexity index is 470. The average Bonchev–Trinajstić information content (AvgIpc) is 2.39. The Kier molecular flexibility index (Phi) is 4.76. The van der Waals surface area contributed by atoms with Gasteiger partial charge in [-0.05, 0) is 37.2 Å². The molecule has 0 radical (unpaired) electrons. The van der Waals surface area contributed by atoms with Gasteiger partial charge in [0.25, 0.3) is 0 Å². The molecule has 3 atom stereocenters. The molecule has 0 aromatic heterocycles. The van der Waals surface area contributed by atoms with Gasteiger partial charge in [-0.2, -0.15) is 5.26 Å². The molecule has 0 spiro atoms. The Morgan fingerprint density at radius 3 is 2.74 bits per heavy atom. The monoisotopic (exact) mass is 254 g/mol. The Labute approximate surface area is 116 Å². The zero-order valence-corrected chi connectivity index (χ0v) is 11.8. The summed E-state index contributed by atoms with van der Waals surface area (Å²) in [6.45, 7) is 5.18. The van der Waals surface area contributed by atoms with Crippen LogP contribution in [-0.2, 0) is 6.54 Å². The van der Waals surface area contributed by atoms with E-state index >= 15 is 0 Å². The highest BCUT2D eigenvalue weighted by Crippen LogP contribution is 2.30. The van der Waals surface area contributed by atoms with Crippen LogP contribution in [0, 0.1) is 23.2 Å². The van der Waals surface area contributed by atoms with Crippen molar-refractivity contribution in [3.8, 4) is 6.07 Å². The van der Waals surface area contributed by atoms with E-state index in [1.165, 1.54) is 11.1 Å². The lowest BCUT2D eigenvalue weighted by molar-refractivity contribution is 0.336. The van der Waals surface area contributed by atoms with Gasteiger partial charge >= 0.3 is 0 Å². The highest BCUT2D eigenvalue weighted by molar-refractivity contribution is 5.16. The van der Waals surface area contributed by atoms with Crippen molar-refractivity contribution >= 4 is 0 Å². The van der Waals surface area contributed by atoms with E-state index in [2.05, 4.69) is 43.4 Å². The molecule has 1 N–H and O–H groups in total. The van der Waals surface area contributed by atoms with E-state index in [9.17, 15) is 5.26 Å². The number of nitrogens with one attached hydrogen (secondary N) is 1. The van der Waals surface area contributed by atoms with Gasteiger partial charge in [0.05, 0.1) is 12.1 Å². The van der Waals surface area contributed by atoms with Crippen LogP contribution in [-0.4, -0.2) is 6.04 Å². The topological polar surface area (TPSA) is 35.8 Å². The first-order valence-corrected chi connectivity index (χ1v) is 7.03. The van der Waals surface area contributed by atoms with Crippen molar-refractivity contribution < 1.29 is 0 Å². The molecular weight excluding hydrogens is 232 g/mol. The number of allylic oxidation sites excluding steroid dienone is 2. The van der Waals surface area contributed by atoms with Crippen LogP contribution >= 0.6 is 0 Å². The number of nitrogens with zero attached hydrogens (tertiary/aromatic N) is 1. The van der Waals surface area contributed by atoms with Gasteiger partial charge in [-0.3, -0.25) is 5.32 Å². The summed E-state index contributed by atoms with van der Waals surface area (Å²) in [5.41, 5.74) is 2.66. The van der Waals surface area contributed by atoms with Crippen molar-refractivity contribution in [1.29, 1.82) is 5.26 Å². The van der Waals surface area contributed by atoms with E-state index in [0.717, 1.165) is 19.4 Å². The molecule has 100 valence electrons. The quantitative estimate of drug-likeness (QED) is 0.832. The van der Waals surface area contributed by atoms with Crippen LogP contribution in [0.2, 0.25) is 0 Å².